The molecule has 6 nitrogen and oxygen atoms in total. The number of aromatic nitrogens is 2. The van der Waals surface area contributed by atoms with Gasteiger partial charge in [-0.1, -0.05) is 0 Å². The Morgan fingerprint density at radius 3 is 2.47 bits per heavy atom. The van der Waals surface area contributed by atoms with E-state index in [4.69, 9.17) is 5.73 Å². The van der Waals surface area contributed by atoms with Gasteiger partial charge in [0.25, 0.3) is 5.69 Å². The monoisotopic (exact) mass is 260 g/mol. The Hall–Kier alpha value is -2.21. The van der Waals surface area contributed by atoms with Crippen molar-refractivity contribution in [2.24, 2.45) is 5.73 Å². The number of benzene rings is 1. The summed E-state index contributed by atoms with van der Waals surface area (Å²) < 4.78 is 1.87. The number of non-ortho nitro benzene ring substituents is 1. The van der Waals surface area contributed by atoms with Gasteiger partial charge in [0, 0.05) is 29.9 Å². The zero-order chi connectivity index (χ0) is 14.0. The first-order valence-corrected chi connectivity index (χ1v) is 6.03. The fraction of sp³-hybridized carbons (Fsp3) is 0.308. The van der Waals surface area contributed by atoms with Crippen LogP contribution in [-0.2, 0) is 6.54 Å². The van der Waals surface area contributed by atoms with Crippen LogP contribution in [0.5, 0.6) is 0 Å². The van der Waals surface area contributed by atoms with Crippen LogP contribution in [0, 0.1) is 24.0 Å². The van der Waals surface area contributed by atoms with Gasteiger partial charge in [-0.2, -0.15) is 5.10 Å². The molecule has 1 aromatic heterocycles. The highest BCUT2D eigenvalue weighted by molar-refractivity contribution is 5.69. The lowest BCUT2D eigenvalue weighted by molar-refractivity contribution is -0.384. The van der Waals surface area contributed by atoms with Crippen LogP contribution in [0.15, 0.2) is 24.3 Å². The second-order valence-corrected chi connectivity index (χ2v) is 4.36. The number of nitrogens with two attached hydrogens (primary N) is 1. The first kappa shape index (κ1) is 13.2. The summed E-state index contributed by atoms with van der Waals surface area (Å²) in [6.07, 6.45) is 0. The van der Waals surface area contributed by atoms with Crippen LogP contribution in [0.25, 0.3) is 11.1 Å². The second kappa shape index (κ2) is 5.19. The predicted molar refractivity (Wildman–Crippen MR) is 72.8 cm³/mol. The summed E-state index contributed by atoms with van der Waals surface area (Å²) in [5.41, 5.74) is 9.51. The van der Waals surface area contributed by atoms with Gasteiger partial charge in [0.05, 0.1) is 17.2 Å². The van der Waals surface area contributed by atoms with Gasteiger partial charge in [0.2, 0.25) is 0 Å². The fourth-order valence-corrected chi connectivity index (χ4v) is 2.20. The smallest absolute Gasteiger partial charge is 0.269 e. The van der Waals surface area contributed by atoms with Crippen molar-refractivity contribution in [3.63, 3.8) is 0 Å². The first-order valence-electron chi connectivity index (χ1n) is 6.03. The minimum atomic E-state index is -0.401. The van der Waals surface area contributed by atoms with Gasteiger partial charge in [0.15, 0.2) is 0 Å². The van der Waals surface area contributed by atoms with Crippen molar-refractivity contribution in [2.45, 2.75) is 20.4 Å². The van der Waals surface area contributed by atoms with Crippen molar-refractivity contribution in [3.8, 4) is 11.1 Å². The van der Waals surface area contributed by atoms with Gasteiger partial charge in [-0.15, -0.1) is 0 Å². The van der Waals surface area contributed by atoms with E-state index in [-0.39, 0.29) is 5.69 Å². The van der Waals surface area contributed by atoms with Crippen LogP contribution < -0.4 is 5.73 Å². The van der Waals surface area contributed by atoms with E-state index in [0.29, 0.717) is 13.1 Å². The van der Waals surface area contributed by atoms with E-state index in [0.717, 1.165) is 22.5 Å². The van der Waals surface area contributed by atoms with E-state index >= 15 is 0 Å². The number of rotatable bonds is 4. The maximum atomic E-state index is 10.6. The van der Waals surface area contributed by atoms with Gasteiger partial charge in [-0.05, 0) is 31.5 Å². The van der Waals surface area contributed by atoms with Crippen molar-refractivity contribution >= 4 is 5.69 Å². The molecule has 0 fully saturated rings. The van der Waals surface area contributed by atoms with Gasteiger partial charge in [-0.25, -0.2) is 0 Å². The lowest BCUT2D eigenvalue weighted by Crippen LogP contribution is -2.12. The molecule has 0 aliphatic heterocycles. The summed E-state index contributed by atoms with van der Waals surface area (Å²) in [6.45, 7) is 5.10. The molecule has 2 aromatic rings. The van der Waals surface area contributed by atoms with Crippen LogP contribution >= 0.6 is 0 Å². The van der Waals surface area contributed by atoms with E-state index in [1.54, 1.807) is 12.1 Å². The molecule has 0 saturated heterocycles. The van der Waals surface area contributed by atoms with Crippen LogP contribution in [0.4, 0.5) is 5.69 Å². The van der Waals surface area contributed by atoms with Crippen molar-refractivity contribution in [2.75, 3.05) is 6.54 Å². The predicted octanol–water partition coefficient (Wildman–Crippen LogP) is 2.03. The lowest BCUT2D eigenvalue weighted by Gasteiger charge is -2.04. The Morgan fingerprint density at radius 2 is 1.95 bits per heavy atom. The molecule has 0 saturated carbocycles. The average molecular weight is 260 g/mol. The second-order valence-electron chi connectivity index (χ2n) is 4.36. The number of nitro benzene ring substituents is 1. The molecule has 2 N–H and O–H groups in total. The minimum absolute atomic E-state index is 0.0911. The van der Waals surface area contributed by atoms with Crippen molar-refractivity contribution in [1.82, 2.24) is 9.78 Å². The quantitative estimate of drug-likeness (QED) is 0.673. The molecule has 0 bridgehead atoms. The molecule has 0 amide bonds. The van der Waals surface area contributed by atoms with Crippen LogP contribution in [0.1, 0.15) is 11.4 Å². The number of hydrogen-bond donors (Lipinski definition) is 1. The van der Waals surface area contributed by atoms with E-state index in [1.165, 1.54) is 12.1 Å². The molecule has 0 atom stereocenters. The van der Waals surface area contributed by atoms with Crippen molar-refractivity contribution < 1.29 is 4.92 Å². The van der Waals surface area contributed by atoms with E-state index in [1.807, 2.05) is 18.5 Å². The van der Waals surface area contributed by atoms with Crippen LogP contribution in [-0.4, -0.2) is 21.2 Å². The summed E-state index contributed by atoms with van der Waals surface area (Å²) in [7, 11) is 0. The summed E-state index contributed by atoms with van der Waals surface area (Å²) in [5.74, 6) is 0. The highest BCUT2D eigenvalue weighted by Gasteiger charge is 2.14. The largest absolute Gasteiger partial charge is 0.329 e. The zero-order valence-corrected chi connectivity index (χ0v) is 11.0. The summed E-state index contributed by atoms with van der Waals surface area (Å²) in [5, 5.41) is 15.1. The maximum Gasteiger partial charge on any atom is 0.269 e. The first-order chi connectivity index (χ1) is 9.04. The number of hydrogen-bond acceptors (Lipinski definition) is 4. The topological polar surface area (TPSA) is 87.0 Å². The third-order valence-electron chi connectivity index (χ3n) is 3.09. The number of nitrogens with zero attached hydrogens (tertiary/aromatic N) is 3. The summed E-state index contributed by atoms with van der Waals surface area (Å²) in [6, 6.07) is 6.52. The SMILES string of the molecule is Cc1nn(CCN)c(C)c1-c1ccc([N+](=O)[O-])cc1. The molecule has 2 rings (SSSR count). The molecule has 0 spiro atoms. The standard InChI is InChI=1S/C13H16N4O2/c1-9-13(10(2)16(15-9)8-7-14)11-3-5-12(6-4-11)17(18)19/h3-6H,7-8,14H2,1-2H3. The Kier molecular flexibility index (Phi) is 3.62. The summed E-state index contributed by atoms with van der Waals surface area (Å²) in [4.78, 5) is 10.2. The molecule has 0 radical (unpaired) electrons. The van der Waals surface area contributed by atoms with Crippen LogP contribution in [0.2, 0.25) is 0 Å². The molecule has 0 unspecified atom stereocenters. The molecular formula is C13H16N4O2. The zero-order valence-electron chi connectivity index (χ0n) is 11.0. The maximum absolute atomic E-state index is 10.6. The Balaban J connectivity index is 2.44. The Labute approximate surface area is 111 Å². The van der Waals surface area contributed by atoms with Crippen LogP contribution in [0.3, 0.4) is 0 Å². The number of nitro groups is 1. The molecule has 1 aromatic carbocycles. The van der Waals surface area contributed by atoms with Crippen molar-refractivity contribution in [1.29, 1.82) is 0 Å². The van der Waals surface area contributed by atoms with E-state index in [2.05, 4.69) is 5.10 Å². The highest BCUT2D eigenvalue weighted by atomic mass is 16.6. The Morgan fingerprint density at radius 1 is 1.32 bits per heavy atom. The van der Waals surface area contributed by atoms with Gasteiger partial charge in [0.1, 0.15) is 0 Å². The number of aryl methyl sites for hydroxylation is 1. The minimum Gasteiger partial charge on any atom is -0.329 e. The van der Waals surface area contributed by atoms with Gasteiger partial charge < -0.3 is 5.73 Å². The summed E-state index contributed by atoms with van der Waals surface area (Å²) >= 11 is 0. The molecule has 6 heteroatoms. The molecule has 19 heavy (non-hydrogen) atoms. The third kappa shape index (κ3) is 2.48. The molecular weight excluding hydrogens is 244 g/mol. The van der Waals surface area contributed by atoms with Gasteiger partial charge >= 0.3 is 0 Å². The van der Waals surface area contributed by atoms with Crippen molar-refractivity contribution in [3.05, 3.63) is 45.8 Å². The Bertz CT molecular complexity index is 602. The lowest BCUT2D eigenvalue weighted by atomic mass is 10.0. The highest BCUT2D eigenvalue weighted by Crippen LogP contribution is 2.28. The molecule has 0 aliphatic rings. The van der Waals surface area contributed by atoms with E-state index in [9.17, 15) is 10.1 Å². The van der Waals surface area contributed by atoms with Gasteiger partial charge in [-0.3, -0.25) is 14.8 Å². The molecule has 1 heterocycles. The fourth-order valence-electron chi connectivity index (χ4n) is 2.20. The van der Waals surface area contributed by atoms with E-state index < -0.39 is 4.92 Å². The molecule has 0 aliphatic carbocycles. The molecule has 100 valence electrons. The average Bonchev–Trinajstić information content (AvgIpc) is 2.65. The third-order valence-corrected chi connectivity index (χ3v) is 3.09. The normalized spacial score (nSPS) is 10.7.